The predicted molar refractivity (Wildman–Crippen MR) is 63.6 cm³/mol. The summed E-state index contributed by atoms with van der Waals surface area (Å²) >= 11 is 5.87. The van der Waals surface area contributed by atoms with Crippen LogP contribution in [0.1, 0.15) is 5.56 Å². The number of benzene rings is 1. The van der Waals surface area contributed by atoms with Crippen LogP contribution in [-0.4, -0.2) is 23.6 Å². The fourth-order valence-corrected chi connectivity index (χ4v) is 1.35. The van der Waals surface area contributed by atoms with Crippen molar-refractivity contribution < 1.29 is 14.7 Å². The highest BCUT2D eigenvalue weighted by Crippen LogP contribution is 2.22. The highest BCUT2D eigenvalue weighted by Gasteiger charge is 2.06. The summed E-state index contributed by atoms with van der Waals surface area (Å²) in [5, 5.41) is 14.0. The number of carbonyl (C=O) groups excluding carboxylic acids is 2. The first-order valence-corrected chi connectivity index (χ1v) is 5.13. The lowest BCUT2D eigenvalue weighted by atomic mass is 10.2. The summed E-state index contributed by atoms with van der Waals surface area (Å²) in [6.07, 6.45) is 0. The average Bonchev–Trinajstić information content (AvgIpc) is 2.27. The Morgan fingerprint density at radius 2 is 2.12 bits per heavy atom. The molecule has 0 aliphatic carbocycles. The van der Waals surface area contributed by atoms with Gasteiger partial charge in [0.15, 0.2) is 0 Å². The lowest BCUT2D eigenvalue weighted by Gasteiger charge is -2.09. The van der Waals surface area contributed by atoms with Gasteiger partial charge in [0, 0.05) is 0 Å². The zero-order valence-electron chi connectivity index (χ0n) is 8.87. The average molecular weight is 258 g/mol. The molecule has 92 valence electrons. The summed E-state index contributed by atoms with van der Waals surface area (Å²) < 4.78 is 0. The quantitative estimate of drug-likeness (QED) is 0.628. The number of urea groups is 1. The predicted octanol–water partition coefficient (Wildman–Crippen LogP) is 0.439. The van der Waals surface area contributed by atoms with E-state index < -0.39 is 11.9 Å². The molecule has 0 fully saturated rings. The Hall–Kier alpha value is -1.79. The molecule has 17 heavy (non-hydrogen) atoms. The van der Waals surface area contributed by atoms with Crippen LogP contribution in [-0.2, 0) is 11.4 Å². The molecule has 1 aromatic rings. The fraction of sp³-hybridized carbons (Fsp3) is 0.200. The lowest BCUT2D eigenvalue weighted by Crippen LogP contribution is -2.38. The Balaban J connectivity index is 2.62. The molecule has 0 atom stereocenters. The highest BCUT2D eigenvalue weighted by atomic mass is 35.5. The molecule has 0 saturated carbocycles. The van der Waals surface area contributed by atoms with Gasteiger partial charge < -0.3 is 16.2 Å². The molecule has 5 N–H and O–H groups in total. The number of imide groups is 1. The maximum atomic E-state index is 11.1. The van der Waals surface area contributed by atoms with E-state index in [9.17, 15) is 9.59 Å². The Labute approximate surface area is 103 Å². The zero-order chi connectivity index (χ0) is 12.8. The molecule has 1 aromatic carbocycles. The van der Waals surface area contributed by atoms with Crippen molar-refractivity contribution in [3.05, 3.63) is 28.8 Å². The topological polar surface area (TPSA) is 104 Å². The first-order valence-electron chi connectivity index (χ1n) is 4.75. The Morgan fingerprint density at radius 1 is 1.41 bits per heavy atom. The number of nitrogens with one attached hydrogen (secondary N) is 2. The van der Waals surface area contributed by atoms with Crippen LogP contribution in [0.25, 0.3) is 0 Å². The number of halogens is 1. The molecule has 0 unspecified atom stereocenters. The number of aliphatic hydroxyl groups is 1. The summed E-state index contributed by atoms with van der Waals surface area (Å²) in [4.78, 5) is 21.5. The third kappa shape index (κ3) is 4.29. The third-order valence-electron chi connectivity index (χ3n) is 1.92. The van der Waals surface area contributed by atoms with Crippen LogP contribution in [0.2, 0.25) is 5.02 Å². The number of hydrogen-bond acceptors (Lipinski definition) is 4. The molecule has 0 radical (unpaired) electrons. The second kappa shape index (κ2) is 6.07. The third-order valence-corrected chi connectivity index (χ3v) is 2.24. The molecular weight excluding hydrogens is 246 g/mol. The van der Waals surface area contributed by atoms with E-state index in [0.717, 1.165) is 0 Å². The lowest BCUT2D eigenvalue weighted by molar-refractivity contribution is -0.118. The molecule has 0 aromatic heterocycles. The Kier molecular flexibility index (Phi) is 4.74. The summed E-state index contributed by atoms with van der Waals surface area (Å²) in [5.41, 5.74) is 5.94. The summed E-state index contributed by atoms with van der Waals surface area (Å²) in [6.45, 7) is -0.267. The van der Waals surface area contributed by atoms with Crippen molar-refractivity contribution in [2.45, 2.75) is 6.61 Å². The molecular formula is C10H12ClN3O3. The minimum Gasteiger partial charge on any atom is -0.392 e. The molecule has 0 aliphatic heterocycles. The Bertz CT molecular complexity index is 437. The van der Waals surface area contributed by atoms with Gasteiger partial charge in [-0.2, -0.15) is 0 Å². The Morgan fingerprint density at radius 3 is 2.71 bits per heavy atom. The second-order valence-electron chi connectivity index (χ2n) is 3.24. The SMILES string of the molecule is NC(=O)NC(=O)CNc1cc(CO)ccc1Cl. The van der Waals surface area contributed by atoms with Crippen LogP contribution in [0, 0.1) is 0 Å². The van der Waals surface area contributed by atoms with Crippen molar-refractivity contribution in [3.8, 4) is 0 Å². The second-order valence-corrected chi connectivity index (χ2v) is 3.65. The summed E-state index contributed by atoms with van der Waals surface area (Å²) in [5.74, 6) is -0.567. The van der Waals surface area contributed by atoms with Gasteiger partial charge in [-0.25, -0.2) is 4.79 Å². The molecule has 3 amide bonds. The normalized spacial score (nSPS) is 9.76. The highest BCUT2D eigenvalue weighted by molar-refractivity contribution is 6.33. The van der Waals surface area contributed by atoms with Crippen LogP contribution in [0.3, 0.4) is 0 Å². The van der Waals surface area contributed by atoms with Gasteiger partial charge in [-0.1, -0.05) is 17.7 Å². The molecule has 1 rings (SSSR count). The smallest absolute Gasteiger partial charge is 0.318 e. The minimum absolute atomic E-state index is 0.126. The van der Waals surface area contributed by atoms with Crippen LogP contribution < -0.4 is 16.4 Å². The maximum absolute atomic E-state index is 11.1. The van der Waals surface area contributed by atoms with E-state index in [4.69, 9.17) is 22.4 Å². The van der Waals surface area contributed by atoms with Gasteiger partial charge in [0.1, 0.15) is 0 Å². The largest absolute Gasteiger partial charge is 0.392 e. The molecule has 0 saturated heterocycles. The van der Waals surface area contributed by atoms with E-state index in [1.165, 1.54) is 0 Å². The summed E-state index contributed by atoms with van der Waals surface area (Å²) in [6, 6.07) is 3.96. The molecule has 0 spiro atoms. The van der Waals surface area contributed by atoms with E-state index in [1.54, 1.807) is 18.2 Å². The van der Waals surface area contributed by atoms with Crippen LogP contribution >= 0.6 is 11.6 Å². The standard InChI is InChI=1S/C10H12ClN3O3/c11-7-2-1-6(5-15)3-8(7)13-4-9(16)14-10(12)17/h1-3,13,15H,4-5H2,(H3,12,14,16,17). The van der Waals surface area contributed by atoms with E-state index in [1.807, 2.05) is 5.32 Å². The minimum atomic E-state index is -0.910. The fourth-order valence-electron chi connectivity index (χ4n) is 1.16. The van der Waals surface area contributed by atoms with Crippen molar-refractivity contribution in [3.63, 3.8) is 0 Å². The van der Waals surface area contributed by atoms with Gasteiger partial charge in [0.2, 0.25) is 5.91 Å². The number of anilines is 1. The molecule has 0 bridgehead atoms. The van der Waals surface area contributed by atoms with E-state index in [2.05, 4.69) is 5.32 Å². The molecule has 6 nitrogen and oxygen atoms in total. The number of primary amides is 1. The monoisotopic (exact) mass is 257 g/mol. The van der Waals surface area contributed by atoms with Gasteiger partial charge in [0.05, 0.1) is 23.9 Å². The number of aliphatic hydroxyl groups excluding tert-OH is 1. The van der Waals surface area contributed by atoms with Gasteiger partial charge in [-0.3, -0.25) is 10.1 Å². The van der Waals surface area contributed by atoms with E-state index in [-0.39, 0.29) is 13.2 Å². The molecule has 7 heteroatoms. The number of hydrogen-bond donors (Lipinski definition) is 4. The number of nitrogens with two attached hydrogens (primary N) is 1. The van der Waals surface area contributed by atoms with E-state index >= 15 is 0 Å². The zero-order valence-corrected chi connectivity index (χ0v) is 9.62. The van der Waals surface area contributed by atoms with Crippen LogP contribution in [0.15, 0.2) is 18.2 Å². The van der Waals surface area contributed by atoms with Crippen LogP contribution in [0.4, 0.5) is 10.5 Å². The van der Waals surface area contributed by atoms with E-state index in [0.29, 0.717) is 16.3 Å². The first-order chi connectivity index (χ1) is 8.02. The number of rotatable bonds is 4. The molecule has 0 aliphatic rings. The maximum Gasteiger partial charge on any atom is 0.318 e. The van der Waals surface area contributed by atoms with Crippen LogP contribution in [0.5, 0.6) is 0 Å². The first kappa shape index (κ1) is 13.3. The summed E-state index contributed by atoms with van der Waals surface area (Å²) in [7, 11) is 0. The van der Waals surface area contributed by atoms with Crippen molar-refractivity contribution in [2.75, 3.05) is 11.9 Å². The van der Waals surface area contributed by atoms with Gasteiger partial charge in [0.25, 0.3) is 0 Å². The van der Waals surface area contributed by atoms with Gasteiger partial charge >= 0.3 is 6.03 Å². The van der Waals surface area contributed by atoms with Crippen molar-refractivity contribution in [2.24, 2.45) is 5.73 Å². The van der Waals surface area contributed by atoms with Crippen molar-refractivity contribution >= 4 is 29.2 Å². The number of amides is 3. The number of carbonyl (C=O) groups is 2. The van der Waals surface area contributed by atoms with Crippen molar-refractivity contribution in [1.29, 1.82) is 0 Å². The van der Waals surface area contributed by atoms with Crippen molar-refractivity contribution in [1.82, 2.24) is 5.32 Å². The molecule has 0 heterocycles. The van der Waals surface area contributed by atoms with Gasteiger partial charge in [-0.15, -0.1) is 0 Å². The van der Waals surface area contributed by atoms with Gasteiger partial charge in [-0.05, 0) is 17.7 Å².